The van der Waals surface area contributed by atoms with Crippen molar-refractivity contribution < 1.29 is 14.3 Å². The van der Waals surface area contributed by atoms with E-state index < -0.39 is 11.6 Å². The van der Waals surface area contributed by atoms with Gasteiger partial charge in [0.2, 0.25) is 6.41 Å². The van der Waals surface area contributed by atoms with Crippen LogP contribution in [0.2, 0.25) is 0 Å². The molecule has 0 radical (unpaired) electrons. The SMILES string of the molecule is O=CNc1ncc(F)cc1O. The monoisotopic (exact) mass is 156 g/mol. The van der Waals surface area contributed by atoms with Crippen LogP contribution < -0.4 is 5.32 Å². The largest absolute Gasteiger partial charge is 0.504 e. The first-order valence-electron chi connectivity index (χ1n) is 2.78. The molecule has 1 rings (SSSR count). The van der Waals surface area contributed by atoms with E-state index in [4.69, 9.17) is 5.11 Å². The lowest BCUT2D eigenvalue weighted by atomic mass is 10.4. The van der Waals surface area contributed by atoms with Crippen LogP contribution in [0.15, 0.2) is 12.3 Å². The van der Waals surface area contributed by atoms with Crippen LogP contribution in [0.4, 0.5) is 10.2 Å². The summed E-state index contributed by atoms with van der Waals surface area (Å²) in [6, 6.07) is 0.860. The molecule has 4 nitrogen and oxygen atoms in total. The molecule has 0 aliphatic heterocycles. The van der Waals surface area contributed by atoms with Gasteiger partial charge in [-0.15, -0.1) is 0 Å². The molecule has 0 aliphatic carbocycles. The van der Waals surface area contributed by atoms with Gasteiger partial charge in [0.05, 0.1) is 6.20 Å². The molecule has 0 unspecified atom stereocenters. The van der Waals surface area contributed by atoms with Crippen LogP contribution in [0.25, 0.3) is 0 Å². The zero-order chi connectivity index (χ0) is 8.27. The number of halogens is 1. The number of nitrogens with zero attached hydrogens (tertiary/aromatic N) is 1. The van der Waals surface area contributed by atoms with E-state index in [0.29, 0.717) is 6.41 Å². The fraction of sp³-hybridized carbons (Fsp3) is 0. The first-order chi connectivity index (χ1) is 5.24. The standard InChI is InChI=1S/C6H5FN2O2/c7-4-1-5(11)6(8-2-4)9-3-10/h1-3,11H,(H,8,9,10). The summed E-state index contributed by atoms with van der Waals surface area (Å²) in [6.45, 7) is 0. The van der Waals surface area contributed by atoms with E-state index in [9.17, 15) is 9.18 Å². The Bertz CT molecular complexity index is 277. The van der Waals surface area contributed by atoms with Crippen LogP contribution >= 0.6 is 0 Å². The Balaban J connectivity index is 2.98. The minimum absolute atomic E-state index is 0.0543. The lowest BCUT2D eigenvalue weighted by Gasteiger charge is -1.99. The van der Waals surface area contributed by atoms with Gasteiger partial charge in [0.15, 0.2) is 11.6 Å². The molecule has 58 valence electrons. The van der Waals surface area contributed by atoms with Crippen molar-refractivity contribution in [2.45, 2.75) is 0 Å². The third-order valence-electron chi connectivity index (χ3n) is 1.03. The summed E-state index contributed by atoms with van der Waals surface area (Å²) in [6.07, 6.45) is 1.24. The molecule has 0 aliphatic rings. The van der Waals surface area contributed by atoms with Crippen LogP contribution in [0, 0.1) is 5.82 Å². The van der Waals surface area contributed by atoms with Crippen molar-refractivity contribution in [3.8, 4) is 5.75 Å². The van der Waals surface area contributed by atoms with Gasteiger partial charge in [0.1, 0.15) is 5.82 Å². The third kappa shape index (κ3) is 1.64. The molecule has 1 aromatic heterocycles. The topological polar surface area (TPSA) is 62.2 Å². The number of carbonyl (C=O) groups excluding carboxylic acids is 1. The quantitative estimate of drug-likeness (QED) is 0.612. The van der Waals surface area contributed by atoms with Crippen molar-refractivity contribution in [3.05, 3.63) is 18.1 Å². The minimum atomic E-state index is -0.654. The van der Waals surface area contributed by atoms with Crippen molar-refractivity contribution in [2.75, 3.05) is 5.32 Å². The van der Waals surface area contributed by atoms with Gasteiger partial charge < -0.3 is 10.4 Å². The normalized spacial score (nSPS) is 9.18. The Morgan fingerprint density at radius 1 is 1.73 bits per heavy atom. The molecule has 1 heterocycles. The number of aromatic nitrogens is 1. The fourth-order valence-corrected chi connectivity index (χ4v) is 0.596. The fourth-order valence-electron chi connectivity index (χ4n) is 0.596. The molecule has 11 heavy (non-hydrogen) atoms. The van der Waals surface area contributed by atoms with Gasteiger partial charge in [0.25, 0.3) is 0 Å². The van der Waals surface area contributed by atoms with Gasteiger partial charge in [-0.2, -0.15) is 0 Å². The van der Waals surface area contributed by atoms with E-state index in [2.05, 4.69) is 10.3 Å². The summed E-state index contributed by atoms with van der Waals surface area (Å²) < 4.78 is 12.2. The zero-order valence-electron chi connectivity index (χ0n) is 5.41. The smallest absolute Gasteiger partial charge is 0.212 e. The number of hydrogen-bond acceptors (Lipinski definition) is 3. The number of rotatable bonds is 2. The molecule has 0 saturated carbocycles. The van der Waals surface area contributed by atoms with E-state index in [-0.39, 0.29) is 5.82 Å². The summed E-state index contributed by atoms with van der Waals surface area (Å²) in [5.41, 5.74) is 0. The Labute approximate surface area is 61.7 Å². The molecule has 0 spiro atoms. The molecular weight excluding hydrogens is 151 g/mol. The summed E-state index contributed by atoms with van der Waals surface area (Å²) >= 11 is 0. The molecule has 0 saturated heterocycles. The molecule has 5 heteroatoms. The number of nitrogens with one attached hydrogen (secondary N) is 1. The Morgan fingerprint density at radius 2 is 2.45 bits per heavy atom. The van der Waals surface area contributed by atoms with Crippen LogP contribution in [0.1, 0.15) is 0 Å². The van der Waals surface area contributed by atoms with Crippen molar-refractivity contribution in [3.63, 3.8) is 0 Å². The van der Waals surface area contributed by atoms with Crippen molar-refractivity contribution in [1.29, 1.82) is 0 Å². The highest BCUT2D eigenvalue weighted by atomic mass is 19.1. The predicted octanol–water partition coefficient (Wildman–Crippen LogP) is 0.495. The lowest BCUT2D eigenvalue weighted by Crippen LogP contribution is -1.97. The van der Waals surface area contributed by atoms with E-state index in [1.54, 1.807) is 0 Å². The Morgan fingerprint density at radius 3 is 3.00 bits per heavy atom. The van der Waals surface area contributed by atoms with Crippen LogP contribution in [-0.2, 0) is 4.79 Å². The second-order valence-electron chi connectivity index (χ2n) is 1.78. The maximum absolute atomic E-state index is 12.2. The van der Waals surface area contributed by atoms with Crippen molar-refractivity contribution in [2.24, 2.45) is 0 Å². The number of hydrogen-bond donors (Lipinski definition) is 2. The molecule has 0 fully saturated rings. The Kier molecular flexibility index (Phi) is 2.00. The lowest BCUT2D eigenvalue weighted by molar-refractivity contribution is -0.105. The molecule has 0 aromatic carbocycles. The predicted molar refractivity (Wildman–Crippen MR) is 35.5 cm³/mol. The maximum Gasteiger partial charge on any atom is 0.212 e. The molecule has 0 bridgehead atoms. The van der Waals surface area contributed by atoms with Crippen LogP contribution in [0.3, 0.4) is 0 Å². The van der Waals surface area contributed by atoms with Gasteiger partial charge in [-0.05, 0) is 0 Å². The van der Waals surface area contributed by atoms with Crippen LogP contribution in [-0.4, -0.2) is 16.5 Å². The highest BCUT2D eigenvalue weighted by Gasteiger charge is 2.01. The van der Waals surface area contributed by atoms with Gasteiger partial charge in [0, 0.05) is 6.07 Å². The molecule has 1 amide bonds. The van der Waals surface area contributed by atoms with Gasteiger partial charge in [-0.3, -0.25) is 4.79 Å². The summed E-state index contributed by atoms with van der Waals surface area (Å²) in [5.74, 6) is -1.10. The summed E-state index contributed by atoms with van der Waals surface area (Å²) in [7, 11) is 0. The molecule has 0 atom stereocenters. The van der Waals surface area contributed by atoms with Crippen molar-refractivity contribution >= 4 is 12.2 Å². The molecule has 1 aromatic rings. The van der Waals surface area contributed by atoms with Gasteiger partial charge in [-0.25, -0.2) is 9.37 Å². The van der Waals surface area contributed by atoms with Crippen molar-refractivity contribution in [1.82, 2.24) is 4.98 Å². The number of pyridine rings is 1. The van der Waals surface area contributed by atoms with E-state index >= 15 is 0 Å². The van der Waals surface area contributed by atoms with Gasteiger partial charge in [-0.1, -0.05) is 0 Å². The average molecular weight is 156 g/mol. The second kappa shape index (κ2) is 2.96. The number of anilines is 1. The van der Waals surface area contributed by atoms with Crippen LogP contribution in [0.5, 0.6) is 5.75 Å². The summed E-state index contributed by atoms with van der Waals surface area (Å²) in [5, 5.41) is 11.0. The number of aromatic hydroxyl groups is 1. The summed E-state index contributed by atoms with van der Waals surface area (Å²) in [4.78, 5) is 13.3. The van der Waals surface area contributed by atoms with E-state index in [1.807, 2.05) is 0 Å². The average Bonchev–Trinajstić information content (AvgIpc) is 1.95. The zero-order valence-corrected chi connectivity index (χ0v) is 5.41. The minimum Gasteiger partial charge on any atom is -0.504 e. The van der Waals surface area contributed by atoms with E-state index in [0.717, 1.165) is 12.3 Å². The number of carbonyl (C=O) groups is 1. The highest BCUT2D eigenvalue weighted by Crippen LogP contribution is 2.19. The molecular formula is C6H5FN2O2. The molecule has 2 N–H and O–H groups in total. The van der Waals surface area contributed by atoms with E-state index in [1.165, 1.54) is 0 Å². The van der Waals surface area contributed by atoms with Gasteiger partial charge >= 0.3 is 0 Å². The highest BCUT2D eigenvalue weighted by molar-refractivity contribution is 5.71. The Hall–Kier alpha value is -1.65. The third-order valence-corrected chi connectivity index (χ3v) is 1.03. The number of amides is 1. The maximum atomic E-state index is 12.2. The second-order valence-corrected chi connectivity index (χ2v) is 1.78. The first kappa shape index (κ1) is 7.46. The first-order valence-corrected chi connectivity index (χ1v) is 2.78.